The Balaban J connectivity index is 1.91. The molecule has 1 fully saturated rings. The van der Waals surface area contributed by atoms with E-state index in [4.69, 9.17) is 14.6 Å². The molecule has 0 unspecified atom stereocenters. The smallest absolute Gasteiger partial charge is 0.128 e. The van der Waals surface area contributed by atoms with Crippen LogP contribution in [-0.2, 0) is 11.2 Å². The number of benzene rings is 1. The van der Waals surface area contributed by atoms with Crippen molar-refractivity contribution in [3.8, 4) is 17.0 Å². The molecule has 0 bridgehead atoms. The van der Waals surface area contributed by atoms with E-state index in [9.17, 15) is 4.39 Å². The van der Waals surface area contributed by atoms with Crippen LogP contribution < -0.4 is 9.64 Å². The van der Waals surface area contributed by atoms with Gasteiger partial charge in [0.05, 0.1) is 36.4 Å². The van der Waals surface area contributed by atoms with Crippen molar-refractivity contribution in [2.75, 3.05) is 38.4 Å². The molecule has 1 aliphatic heterocycles. The molecule has 0 spiro atoms. The second kappa shape index (κ2) is 9.90. The molecule has 0 saturated carbocycles. The predicted molar refractivity (Wildman–Crippen MR) is 128 cm³/mol. The van der Waals surface area contributed by atoms with Crippen LogP contribution in [0.1, 0.15) is 43.0 Å². The fraction of sp³-hybridized carbons (Fsp3) is 0.500. The lowest BCUT2D eigenvalue weighted by atomic mass is 10.0. The zero-order valence-corrected chi connectivity index (χ0v) is 19.7. The second-order valence-corrected chi connectivity index (χ2v) is 8.60. The van der Waals surface area contributed by atoms with Crippen molar-refractivity contribution < 1.29 is 13.9 Å². The van der Waals surface area contributed by atoms with Crippen LogP contribution in [0.25, 0.3) is 16.8 Å². The highest BCUT2D eigenvalue weighted by Crippen LogP contribution is 2.38. The van der Waals surface area contributed by atoms with Gasteiger partial charge >= 0.3 is 0 Å². The van der Waals surface area contributed by atoms with Gasteiger partial charge in [-0.25, -0.2) is 4.52 Å². The fourth-order valence-corrected chi connectivity index (χ4v) is 4.97. The number of alkyl halides is 1. The Morgan fingerprint density at radius 2 is 2.00 bits per heavy atom. The molecular formula is C26H34FN3O2. The van der Waals surface area contributed by atoms with Gasteiger partial charge in [-0.2, -0.15) is 5.10 Å². The average Bonchev–Trinajstić information content (AvgIpc) is 3.18. The first kappa shape index (κ1) is 22.6. The highest BCUT2D eigenvalue weighted by Gasteiger charge is 2.27. The summed E-state index contributed by atoms with van der Waals surface area (Å²) in [7, 11) is 1.72. The summed E-state index contributed by atoms with van der Waals surface area (Å²) in [6, 6.07) is 10.9. The molecule has 1 saturated heterocycles. The number of pyridine rings is 1. The number of nitrogens with zero attached hydrogens (tertiary/aromatic N) is 3. The molecule has 0 radical (unpaired) electrons. The van der Waals surface area contributed by atoms with Crippen LogP contribution in [0.5, 0.6) is 5.75 Å². The van der Waals surface area contributed by atoms with Crippen LogP contribution in [0.15, 0.2) is 30.3 Å². The first-order chi connectivity index (χ1) is 15.6. The molecule has 6 heteroatoms. The topological polar surface area (TPSA) is 39.0 Å². The zero-order chi connectivity index (χ0) is 22.7. The van der Waals surface area contributed by atoms with Crippen LogP contribution in [0.4, 0.5) is 10.1 Å². The van der Waals surface area contributed by atoms with E-state index in [2.05, 4.69) is 60.5 Å². The van der Waals surface area contributed by atoms with E-state index >= 15 is 0 Å². The van der Waals surface area contributed by atoms with Gasteiger partial charge in [-0.15, -0.1) is 0 Å². The van der Waals surface area contributed by atoms with Crippen molar-refractivity contribution in [3.05, 3.63) is 47.2 Å². The van der Waals surface area contributed by atoms with Crippen molar-refractivity contribution in [1.82, 2.24) is 9.61 Å². The Labute approximate surface area is 190 Å². The summed E-state index contributed by atoms with van der Waals surface area (Å²) in [6.45, 7) is 8.21. The molecule has 1 aromatic carbocycles. The first-order valence-corrected chi connectivity index (χ1v) is 11.7. The summed E-state index contributed by atoms with van der Waals surface area (Å²) < 4.78 is 26.6. The highest BCUT2D eigenvalue weighted by atomic mass is 19.1. The Bertz CT molecular complexity index is 1070. The first-order valence-electron chi connectivity index (χ1n) is 11.7. The van der Waals surface area contributed by atoms with E-state index in [0.717, 1.165) is 71.9 Å². The Morgan fingerprint density at radius 1 is 1.22 bits per heavy atom. The van der Waals surface area contributed by atoms with E-state index in [1.807, 2.05) is 0 Å². The fourth-order valence-electron chi connectivity index (χ4n) is 4.97. The summed E-state index contributed by atoms with van der Waals surface area (Å²) >= 11 is 0. The Hall–Kier alpha value is -2.60. The van der Waals surface area contributed by atoms with Gasteiger partial charge in [0.2, 0.25) is 0 Å². The minimum absolute atomic E-state index is 0.314. The normalized spacial score (nSPS) is 14.8. The summed E-state index contributed by atoms with van der Waals surface area (Å²) in [5.41, 5.74) is 7.64. The monoisotopic (exact) mass is 439 g/mol. The standard InChI is InChI=1S/C26H34FN3O2/c1-5-21-26(29(13-7-12-27)20-10-14-32-15-11-20)23-9-6-8-22(30(23)28-21)25-19(3)16-18(2)17-24(25)31-4/h6,8-9,16-17,20H,5,7,10-15H2,1-4H3. The minimum Gasteiger partial charge on any atom is -0.496 e. The van der Waals surface area contributed by atoms with Crippen molar-refractivity contribution in [2.45, 2.75) is 52.5 Å². The minimum atomic E-state index is -0.314. The van der Waals surface area contributed by atoms with Gasteiger partial charge in [0.15, 0.2) is 0 Å². The highest BCUT2D eigenvalue weighted by molar-refractivity contribution is 5.81. The molecule has 0 amide bonds. The van der Waals surface area contributed by atoms with Crippen LogP contribution in [0.2, 0.25) is 0 Å². The molecule has 172 valence electrons. The van der Waals surface area contributed by atoms with Gasteiger partial charge in [0.1, 0.15) is 5.75 Å². The lowest BCUT2D eigenvalue weighted by Gasteiger charge is -2.36. The van der Waals surface area contributed by atoms with Crippen LogP contribution >= 0.6 is 0 Å². The molecule has 32 heavy (non-hydrogen) atoms. The molecule has 2 aromatic heterocycles. The molecule has 0 N–H and O–H groups in total. The maximum Gasteiger partial charge on any atom is 0.128 e. The van der Waals surface area contributed by atoms with Crippen molar-refractivity contribution in [3.63, 3.8) is 0 Å². The number of aryl methyl sites for hydroxylation is 3. The van der Waals surface area contributed by atoms with Gasteiger partial charge in [-0.05, 0) is 68.9 Å². The molecule has 0 atom stereocenters. The second-order valence-electron chi connectivity index (χ2n) is 8.60. The molecular weight excluding hydrogens is 405 g/mol. The van der Waals surface area contributed by atoms with Crippen molar-refractivity contribution >= 4 is 11.2 Å². The van der Waals surface area contributed by atoms with E-state index in [-0.39, 0.29) is 6.67 Å². The number of hydrogen-bond donors (Lipinski definition) is 0. The van der Waals surface area contributed by atoms with E-state index in [1.54, 1.807) is 7.11 Å². The van der Waals surface area contributed by atoms with E-state index in [0.29, 0.717) is 19.0 Å². The average molecular weight is 440 g/mol. The van der Waals surface area contributed by atoms with Crippen molar-refractivity contribution in [1.29, 1.82) is 0 Å². The summed E-state index contributed by atoms with van der Waals surface area (Å²) in [5, 5.41) is 5.06. The van der Waals surface area contributed by atoms with Crippen LogP contribution in [0, 0.1) is 13.8 Å². The number of rotatable bonds is 8. The van der Waals surface area contributed by atoms with Gasteiger partial charge in [0, 0.05) is 31.4 Å². The molecule has 0 aliphatic carbocycles. The van der Waals surface area contributed by atoms with Gasteiger partial charge in [-0.3, -0.25) is 4.39 Å². The summed E-state index contributed by atoms with van der Waals surface area (Å²) in [4.78, 5) is 2.40. The summed E-state index contributed by atoms with van der Waals surface area (Å²) in [5.74, 6) is 0.851. The molecule has 1 aliphatic rings. The predicted octanol–water partition coefficient (Wildman–Crippen LogP) is 5.53. The SMILES string of the molecule is CCc1nn2c(-c3c(C)cc(C)cc3OC)cccc2c1N(CCCF)C1CCOCC1. The van der Waals surface area contributed by atoms with Crippen molar-refractivity contribution in [2.24, 2.45) is 0 Å². The third kappa shape index (κ3) is 4.20. The number of ether oxygens (including phenoxy) is 2. The van der Waals surface area contributed by atoms with E-state index in [1.165, 1.54) is 5.56 Å². The maximum absolute atomic E-state index is 13.2. The van der Waals surface area contributed by atoms with Crippen LogP contribution in [-0.4, -0.2) is 49.2 Å². The molecule has 4 rings (SSSR count). The third-order valence-electron chi connectivity index (χ3n) is 6.41. The third-order valence-corrected chi connectivity index (χ3v) is 6.41. The van der Waals surface area contributed by atoms with Crippen LogP contribution in [0.3, 0.4) is 0 Å². The molecule has 3 heterocycles. The lowest BCUT2D eigenvalue weighted by molar-refractivity contribution is 0.0843. The lowest BCUT2D eigenvalue weighted by Crippen LogP contribution is -2.40. The van der Waals surface area contributed by atoms with Gasteiger partial charge < -0.3 is 14.4 Å². The number of hydrogen-bond acceptors (Lipinski definition) is 4. The largest absolute Gasteiger partial charge is 0.496 e. The Kier molecular flexibility index (Phi) is 6.99. The van der Waals surface area contributed by atoms with Gasteiger partial charge in [-0.1, -0.05) is 19.1 Å². The maximum atomic E-state index is 13.2. The van der Waals surface area contributed by atoms with E-state index < -0.39 is 0 Å². The number of fused-ring (bicyclic) bond motifs is 1. The zero-order valence-electron chi connectivity index (χ0n) is 19.7. The van der Waals surface area contributed by atoms with Gasteiger partial charge in [0.25, 0.3) is 0 Å². The molecule has 5 nitrogen and oxygen atoms in total. The number of anilines is 1. The molecule has 3 aromatic rings. The number of aromatic nitrogens is 2. The number of halogens is 1. The summed E-state index contributed by atoms with van der Waals surface area (Å²) in [6.07, 6.45) is 3.24. The number of methoxy groups -OCH3 is 1. The Morgan fingerprint density at radius 3 is 2.69 bits per heavy atom. The quantitative estimate of drug-likeness (QED) is 0.462.